The van der Waals surface area contributed by atoms with Gasteiger partial charge in [0.15, 0.2) is 0 Å². The zero-order valence-electron chi connectivity index (χ0n) is 14.5. The highest BCUT2D eigenvalue weighted by molar-refractivity contribution is 5.64. The molecule has 0 radical (unpaired) electrons. The topological polar surface area (TPSA) is 0 Å². The fourth-order valence-electron chi connectivity index (χ4n) is 3.85. The number of aryl methyl sites for hydroxylation is 1. The highest BCUT2D eigenvalue weighted by Gasteiger charge is 2.20. The first-order chi connectivity index (χ1) is 11.8. The van der Waals surface area contributed by atoms with Gasteiger partial charge in [-0.25, -0.2) is 4.39 Å². The molecule has 0 aromatic heterocycles. The summed E-state index contributed by atoms with van der Waals surface area (Å²) in [5.74, 6) is 1.07. The molecule has 0 nitrogen and oxygen atoms in total. The minimum Gasteiger partial charge on any atom is -0.216 e. The number of halogens is 1. The molecule has 126 valence electrons. The number of hydrogen-bond donors (Lipinski definition) is 0. The molecule has 0 spiro atoms. The molecule has 0 heterocycles. The lowest BCUT2D eigenvalue weighted by Gasteiger charge is -2.27. The highest BCUT2D eigenvalue weighted by atomic mass is 19.1. The van der Waals surface area contributed by atoms with Crippen LogP contribution in [0.15, 0.2) is 60.9 Å². The van der Waals surface area contributed by atoms with Crippen molar-refractivity contribution in [2.45, 2.75) is 51.4 Å². The summed E-state index contributed by atoms with van der Waals surface area (Å²) in [6.07, 6.45) is 9.32. The van der Waals surface area contributed by atoms with Crippen LogP contribution in [-0.2, 0) is 6.42 Å². The molecule has 1 aliphatic rings. The molecule has 0 N–H and O–H groups in total. The van der Waals surface area contributed by atoms with Crippen molar-refractivity contribution < 1.29 is 4.39 Å². The van der Waals surface area contributed by atoms with Gasteiger partial charge in [-0.2, -0.15) is 0 Å². The van der Waals surface area contributed by atoms with Crippen LogP contribution in [0.1, 0.15) is 56.1 Å². The van der Waals surface area contributed by atoms with Gasteiger partial charge >= 0.3 is 0 Å². The van der Waals surface area contributed by atoms with E-state index in [4.69, 9.17) is 0 Å². The van der Waals surface area contributed by atoms with Gasteiger partial charge in [0, 0.05) is 0 Å². The van der Waals surface area contributed by atoms with Gasteiger partial charge in [0.25, 0.3) is 0 Å². The van der Waals surface area contributed by atoms with E-state index in [-0.39, 0.29) is 0 Å². The predicted octanol–water partition coefficient (Wildman–Crippen LogP) is 7.06. The van der Waals surface area contributed by atoms with Crippen LogP contribution in [-0.4, -0.2) is 0 Å². The zero-order chi connectivity index (χ0) is 16.8. The van der Waals surface area contributed by atoms with Crippen molar-refractivity contribution in [3.63, 3.8) is 0 Å². The number of rotatable bonds is 5. The molecular formula is C23H27F. The largest absolute Gasteiger partial charge is 0.216 e. The summed E-state index contributed by atoms with van der Waals surface area (Å²) < 4.78 is 12.3. The van der Waals surface area contributed by atoms with Crippen molar-refractivity contribution in [3.05, 3.63) is 72.1 Å². The average Bonchev–Trinajstić information content (AvgIpc) is 2.64. The fourth-order valence-corrected chi connectivity index (χ4v) is 3.85. The normalized spacial score (nSPS) is 21.2. The Balaban J connectivity index is 1.65. The molecular weight excluding hydrogens is 295 g/mol. The van der Waals surface area contributed by atoms with E-state index in [2.05, 4.69) is 55.5 Å². The summed E-state index contributed by atoms with van der Waals surface area (Å²) >= 11 is 0. The Morgan fingerprint density at radius 1 is 0.875 bits per heavy atom. The van der Waals surface area contributed by atoms with Crippen molar-refractivity contribution in [1.29, 1.82) is 0 Å². The van der Waals surface area contributed by atoms with E-state index in [1.165, 1.54) is 41.5 Å². The zero-order valence-corrected chi connectivity index (χ0v) is 14.5. The molecule has 0 unspecified atom stereocenters. The standard InChI is InChI=1S/C23H27F/c1-2-3-18-4-8-20(9-5-18)22-12-14-23(15-13-22)21-10-6-19(7-11-21)16-17-24/h4-5,8-9,12-17,19,21H,2-3,6-7,10-11H2,1H3/b17-16+. The minimum atomic E-state index is 0.437. The first kappa shape index (κ1) is 17.0. The van der Waals surface area contributed by atoms with Crippen LogP contribution in [0.2, 0.25) is 0 Å². The fraction of sp³-hybridized carbons (Fsp3) is 0.391. The van der Waals surface area contributed by atoms with E-state index in [1.807, 2.05) is 0 Å². The predicted molar refractivity (Wildman–Crippen MR) is 101 cm³/mol. The Morgan fingerprint density at radius 2 is 1.46 bits per heavy atom. The molecule has 0 atom stereocenters. The van der Waals surface area contributed by atoms with Crippen LogP contribution in [0.5, 0.6) is 0 Å². The molecule has 3 rings (SSSR count). The van der Waals surface area contributed by atoms with Gasteiger partial charge in [-0.3, -0.25) is 0 Å². The lowest BCUT2D eigenvalue weighted by Crippen LogP contribution is -2.11. The third kappa shape index (κ3) is 4.14. The second-order valence-electron chi connectivity index (χ2n) is 7.00. The Bertz CT molecular complexity index is 643. The van der Waals surface area contributed by atoms with Crippen LogP contribution in [0.4, 0.5) is 4.39 Å². The lowest BCUT2D eigenvalue weighted by molar-refractivity contribution is 0.373. The van der Waals surface area contributed by atoms with Crippen molar-refractivity contribution in [3.8, 4) is 11.1 Å². The first-order valence-electron chi connectivity index (χ1n) is 9.26. The molecule has 24 heavy (non-hydrogen) atoms. The van der Waals surface area contributed by atoms with Crippen LogP contribution >= 0.6 is 0 Å². The van der Waals surface area contributed by atoms with E-state index in [1.54, 1.807) is 6.08 Å². The number of benzene rings is 2. The van der Waals surface area contributed by atoms with E-state index in [0.29, 0.717) is 18.2 Å². The molecule has 2 aromatic carbocycles. The van der Waals surface area contributed by atoms with Gasteiger partial charge in [-0.15, -0.1) is 0 Å². The maximum Gasteiger partial charge on any atom is 0.0829 e. The summed E-state index contributed by atoms with van der Waals surface area (Å²) in [7, 11) is 0. The van der Waals surface area contributed by atoms with Crippen LogP contribution < -0.4 is 0 Å². The molecule has 1 fully saturated rings. The highest BCUT2D eigenvalue weighted by Crippen LogP contribution is 2.37. The van der Waals surface area contributed by atoms with Gasteiger partial charge in [0.1, 0.15) is 0 Å². The van der Waals surface area contributed by atoms with Gasteiger partial charge in [0.05, 0.1) is 6.33 Å². The maximum absolute atomic E-state index is 12.3. The Morgan fingerprint density at radius 3 is 2.00 bits per heavy atom. The molecule has 0 bridgehead atoms. The van der Waals surface area contributed by atoms with Gasteiger partial charge in [-0.05, 0) is 66.2 Å². The van der Waals surface area contributed by atoms with Crippen LogP contribution in [0.3, 0.4) is 0 Å². The third-order valence-corrected chi connectivity index (χ3v) is 5.32. The summed E-state index contributed by atoms with van der Waals surface area (Å²) in [6, 6.07) is 18.0. The second-order valence-corrected chi connectivity index (χ2v) is 7.00. The maximum atomic E-state index is 12.3. The van der Waals surface area contributed by atoms with Crippen LogP contribution in [0.25, 0.3) is 11.1 Å². The molecule has 1 saturated carbocycles. The Hall–Kier alpha value is -1.89. The van der Waals surface area contributed by atoms with E-state index in [0.717, 1.165) is 19.3 Å². The third-order valence-electron chi connectivity index (χ3n) is 5.32. The smallest absolute Gasteiger partial charge is 0.0829 e. The second kappa shape index (κ2) is 8.28. The summed E-state index contributed by atoms with van der Waals surface area (Å²) in [6.45, 7) is 2.22. The van der Waals surface area contributed by atoms with Crippen LogP contribution in [0, 0.1) is 5.92 Å². The number of allylic oxidation sites excluding steroid dienone is 1. The molecule has 2 aromatic rings. The van der Waals surface area contributed by atoms with Gasteiger partial charge in [0.2, 0.25) is 0 Å². The molecule has 0 aliphatic heterocycles. The Labute approximate surface area is 145 Å². The van der Waals surface area contributed by atoms with E-state index >= 15 is 0 Å². The van der Waals surface area contributed by atoms with Gasteiger partial charge < -0.3 is 0 Å². The van der Waals surface area contributed by atoms with E-state index < -0.39 is 0 Å². The summed E-state index contributed by atoms with van der Waals surface area (Å²) in [4.78, 5) is 0. The molecule has 1 heteroatoms. The Kier molecular flexibility index (Phi) is 5.85. The van der Waals surface area contributed by atoms with Crippen molar-refractivity contribution in [2.75, 3.05) is 0 Å². The molecule has 1 aliphatic carbocycles. The summed E-state index contributed by atoms with van der Waals surface area (Å²) in [5.41, 5.74) is 5.43. The molecule has 0 amide bonds. The monoisotopic (exact) mass is 322 g/mol. The lowest BCUT2D eigenvalue weighted by atomic mass is 9.78. The van der Waals surface area contributed by atoms with Gasteiger partial charge in [-0.1, -0.05) is 68.0 Å². The molecule has 0 saturated heterocycles. The first-order valence-corrected chi connectivity index (χ1v) is 9.26. The van der Waals surface area contributed by atoms with Crippen molar-refractivity contribution in [2.24, 2.45) is 5.92 Å². The SMILES string of the molecule is CCCc1ccc(-c2ccc(C3CCC(/C=C/F)CC3)cc2)cc1. The number of hydrogen-bond acceptors (Lipinski definition) is 0. The summed E-state index contributed by atoms with van der Waals surface area (Å²) in [5, 5.41) is 0. The quantitative estimate of drug-likeness (QED) is 0.552. The van der Waals surface area contributed by atoms with E-state index in [9.17, 15) is 4.39 Å². The van der Waals surface area contributed by atoms with Crippen molar-refractivity contribution in [1.82, 2.24) is 0 Å². The minimum absolute atomic E-state index is 0.437. The average molecular weight is 322 g/mol. The van der Waals surface area contributed by atoms with Crippen molar-refractivity contribution >= 4 is 0 Å².